The molecule has 0 aliphatic carbocycles. The second kappa shape index (κ2) is 5.87. The van der Waals surface area contributed by atoms with Gasteiger partial charge in [0.2, 0.25) is 0 Å². The average molecular weight is 341 g/mol. The third-order valence-electron chi connectivity index (χ3n) is 4.28. The quantitative estimate of drug-likeness (QED) is 0.772. The molecule has 4 nitrogen and oxygen atoms in total. The van der Waals surface area contributed by atoms with Gasteiger partial charge in [0.25, 0.3) is 5.91 Å². The molecule has 122 valence electrons. The molecule has 0 bridgehead atoms. The lowest BCUT2D eigenvalue weighted by molar-refractivity contribution is 0.0742. The number of thiophene rings is 1. The van der Waals surface area contributed by atoms with Gasteiger partial charge in [-0.25, -0.2) is 4.39 Å². The zero-order valence-corrected chi connectivity index (χ0v) is 13.9. The summed E-state index contributed by atoms with van der Waals surface area (Å²) in [5.74, 6) is -0.443. The minimum Gasteiger partial charge on any atom is -0.326 e. The first-order valence-corrected chi connectivity index (χ1v) is 8.77. The largest absolute Gasteiger partial charge is 0.326 e. The fourth-order valence-electron chi connectivity index (χ4n) is 3.29. The molecule has 0 spiro atoms. The van der Waals surface area contributed by atoms with Crippen LogP contribution in [0.2, 0.25) is 0 Å². The Kier molecular flexibility index (Phi) is 3.69. The standard InChI is InChI=1S/C18H16FN3OS/c1-2-9-22-17(11-6-3-4-7-12(11)19)14-15(13-8-5-10-24-13)20-21-16(14)18(22)23/h3-8,10,17H,2,9H2,1H3,(H,20,21). The van der Waals surface area contributed by atoms with E-state index in [1.54, 1.807) is 34.4 Å². The Balaban J connectivity index is 1.93. The van der Waals surface area contributed by atoms with Crippen LogP contribution in [0.1, 0.15) is 41.0 Å². The molecule has 1 aromatic carbocycles. The summed E-state index contributed by atoms with van der Waals surface area (Å²) in [5.41, 5.74) is 2.50. The van der Waals surface area contributed by atoms with Crippen LogP contribution in [-0.4, -0.2) is 27.5 Å². The van der Waals surface area contributed by atoms with E-state index in [4.69, 9.17) is 0 Å². The first kappa shape index (κ1) is 15.1. The minimum absolute atomic E-state index is 0.140. The molecule has 1 aliphatic heterocycles. The number of amides is 1. The molecule has 0 saturated carbocycles. The predicted octanol–water partition coefficient (Wildman–Crippen LogP) is 4.23. The van der Waals surface area contributed by atoms with Gasteiger partial charge in [-0.05, 0) is 23.9 Å². The summed E-state index contributed by atoms with van der Waals surface area (Å²) in [7, 11) is 0. The van der Waals surface area contributed by atoms with E-state index in [9.17, 15) is 9.18 Å². The van der Waals surface area contributed by atoms with Gasteiger partial charge in [-0.3, -0.25) is 9.89 Å². The van der Waals surface area contributed by atoms with Gasteiger partial charge < -0.3 is 4.90 Å². The van der Waals surface area contributed by atoms with Crippen molar-refractivity contribution in [2.75, 3.05) is 6.54 Å². The Morgan fingerprint density at radius 1 is 1.29 bits per heavy atom. The highest BCUT2D eigenvalue weighted by molar-refractivity contribution is 7.13. The van der Waals surface area contributed by atoms with Gasteiger partial charge in [0.15, 0.2) is 5.69 Å². The molecule has 2 aromatic heterocycles. The predicted molar refractivity (Wildman–Crippen MR) is 91.5 cm³/mol. The van der Waals surface area contributed by atoms with Crippen molar-refractivity contribution >= 4 is 17.2 Å². The molecule has 3 heterocycles. The van der Waals surface area contributed by atoms with E-state index in [-0.39, 0.29) is 11.7 Å². The van der Waals surface area contributed by atoms with E-state index in [0.717, 1.165) is 22.6 Å². The molecule has 1 N–H and O–H groups in total. The number of nitrogens with one attached hydrogen (secondary N) is 1. The normalized spacial score (nSPS) is 16.7. The van der Waals surface area contributed by atoms with Crippen LogP contribution in [0.15, 0.2) is 41.8 Å². The van der Waals surface area contributed by atoms with Crippen LogP contribution in [0.3, 0.4) is 0 Å². The first-order valence-electron chi connectivity index (χ1n) is 7.90. The summed E-state index contributed by atoms with van der Waals surface area (Å²) in [6.07, 6.45) is 0.805. The molecule has 4 rings (SSSR count). The molecule has 0 radical (unpaired) electrons. The Morgan fingerprint density at radius 2 is 2.12 bits per heavy atom. The lowest BCUT2D eigenvalue weighted by atomic mass is 9.97. The number of aromatic nitrogens is 2. The monoisotopic (exact) mass is 341 g/mol. The van der Waals surface area contributed by atoms with Crippen molar-refractivity contribution in [3.8, 4) is 10.6 Å². The third-order valence-corrected chi connectivity index (χ3v) is 5.17. The number of H-pyrrole nitrogens is 1. The van der Waals surface area contributed by atoms with E-state index in [0.29, 0.717) is 17.8 Å². The van der Waals surface area contributed by atoms with Crippen LogP contribution in [0.5, 0.6) is 0 Å². The maximum absolute atomic E-state index is 14.5. The number of rotatable bonds is 4. The van der Waals surface area contributed by atoms with Crippen molar-refractivity contribution in [3.05, 3.63) is 64.4 Å². The van der Waals surface area contributed by atoms with Gasteiger partial charge in [-0.15, -0.1) is 11.3 Å². The average Bonchev–Trinajstić information content (AvgIpc) is 3.28. The lowest BCUT2D eigenvalue weighted by Crippen LogP contribution is -2.30. The van der Waals surface area contributed by atoms with Gasteiger partial charge in [0.05, 0.1) is 16.6 Å². The van der Waals surface area contributed by atoms with Crippen molar-refractivity contribution in [1.82, 2.24) is 15.1 Å². The Bertz CT molecular complexity index is 888. The number of halogens is 1. The number of aromatic amines is 1. The van der Waals surface area contributed by atoms with Crippen molar-refractivity contribution in [3.63, 3.8) is 0 Å². The second-order valence-corrected chi connectivity index (χ2v) is 6.71. The minimum atomic E-state index is -0.440. The van der Waals surface area contributed by atoms with E-state index in [1.165, 1.54) is 6.07 Å². The highest BCUT2D eigenvalue weighted by Gasteiger charge is 2.43. The Hall–Kier alpha value is -2.47. The molecule has 1 unspecified atom stereocenters. The lowest BCUT2D eigenvalue weighted by Gasteiger charge is -2.26. The highest BCUT2D eigenvalue weighted by atomic mass is 32.1. The number of carbonyl (C=O) groups excluding carboxylic acids is 1. The third kappa shape index (κ3) is 2.17. The van der Waals surface area contributed by atoms with Crippen molar-refractivity contribution in [2.24, 2.45) is 0 Å². The smallest absolute Gasteiger partial charge is 0.275 e. The molecular weight excluding hydrogens is 325 g/mol. The Labute approximate surface area is 142 Å². The van der Waals surface area contributed by atoms with Gasteiger partial charge >= 0.3 is 0 Å². The maximum Gasteiger partial charge on any atom is 0.275 e. The summed E-state index contributed by atoms with van der Waals surface area (Å²) in [6.45, 7) is 2.58. The summed E-state index contributed by atoms with van der Waals surface area (Å²) in [6, 6.07) is 10.1. The number of hydrogen-bond donors (Lipinski definition) is 1. The van der Waals surface area contributed by atoms with E-state index in [1.807, 2.05) is 24.4 Å². The van der Waals surface area contributed by atoms with Crippen molar-refractivity contribution < 1.29 is 9.18 Å². The molecular formula is C18H16FN3OS. The van der Waals surface area contributed by atoms with E-state index >= 15 is 0 Å². The summed E-state index contributed by atoms with van der Waals surface area (Å²) in [5, 5.41) is 9.19. The number of benzene rings is 1. The molecule has 3 aromatic rings. The van der Waals surface area contributed by atoms with Gasteiger partial charge in [-0.1, -0.05) is 31.2 Å². The number of carbonyl (C=O) groups is 1. The zero-order chi connectivity index (χ0) is 16.7. The van der Waals surface area contributed by atoms with E-state index in [2.05, 4.69) is 10.2 Å². The summed E-state index contributed by atoms with van der Waals surface area (Å²) < 4.78 is 14.5. The van der Waals surface area contributed by atoms with Crippen LogP contribution < -0.4 is 0 Å². The van der Waals surface area contributed by atoms with Crippen molar-refractivity contribution in [2.45, 2.75) is 19.4 Å². The van der Waals surface area contributed by atoms with Crippen LogP contribution in [-0.2, 0) is 0 Å². The molecule has 0 saturated heterocycles. The molecule has 6 heteroatoms. The summed E-state index contributed by atoms with van der Waals surface area (Å²) >= 11 is 1.57. The number of hydrogen-bond acceptors (Lipinski definition) is 3. The first-order chi connectivity index (χ1) is 11.7. The summed E-state index contributed by atoms with van der Waals surface area (Å²) in [4.78, 5) is 15.5. The molecule has 1 atom stereocenters. The Morgan fingerprint density at radius 3 is 2.83 bits per heavy atom. The number of nitrogens with zero attached hydrogens (tertiary/aromatic N) is 2. The van der Waals surface area contributed by atoms with Gasteiger partial charge in [0.1, 0.15) is 5.82 Å². The van der Waals surface area contributed by atoms with Crippen LogP contribution in [0, 0.1) is 5.82 Å². The van der Waals surface area contributed by atoms with Crippen LogP contribution >= 0.6 is 11.3 Å². The van der Waals surface area contributed by atoms with E-state index < -0.39 is 6.04 Å². The highest BCUT2D eigenvalue weighted by Crippen LogP contribution is 2.44. The fraction of sp³-hybridized carbons (Fsp3) is 0.222. The topological polar surface area (TPSA) is 49.0 Å². The SMILES string of the molecule is CCCN1C(=O)c2n[nH]c(-c3cccs3)c2C1c1ccccc1F. The molecule has 24 heavy (non-hydrogen) atoms. The fourth-order valence-corrected chi connectivity index (χ4v) is 4.02. The maximum atomic E-state index is 14.5. The number of fused-ring (bicyclic) bond motifs is 1. The van der Waals surface area contributed by atoms with Gasteiger partial charge in [0, 0.05) is 17.7 Å². The molecule has 1 aliphatic rings. The second-order valence-electron chi connectivity index (χ2n) is 5.76. The molecule has 0 fully saturated rings. The van der Waals surface area contributed by atoms with Crippen molar-refractivity contribution in [1.29, 1.82) is 0 Å². The molecule has 1 amide bonds. The zero-order valence-electron chi connectivity index (χ0n) is 13.1. The van der Waals surface area contributed by atoms with Crippen LogP contribution in [0.25, 0.3) is 10.6 Å². The van der Waals surface area contributed by atoms with Crippen LogP contribution in [0.4, 0.5) is 4.39 Å². The van der Waals surface area contributed by atoms with Gasteiger partial charge in [-0.2, -0.15) is 5.10 Å².